The molecule has 1 amide bonds. The number of amides is 1. The molecule has 0 bridgehead atoms. The molecule has 3 rings (SSSR count). The highest BCUT2D eigenvalue weighted by atomic mass is 16.1. The Morgan fingerprint density at radius 2 is 1.61 bits per heavy atom. The lowest BCUT2D eigenvalue weighted by atomic mass is 10.1. The van der Waals surface area contributed by atoms with Crippen LogP contribution in [-0.4, -0.2) is 21.7 Å². The van der Waals surface area contributed by atoms with Gasteiger partial charge >= 0.3 is 0 Å². The number of carbonyl (C=O) groups excluding carboxylic acids is 2. The van der Waals surface area contributed by atoms with Crippen LogP contribution in [0.5, 0.6) is 0 Å². The first-order chi connectivity index (χ1) is 13.6. The van der Waals surface area contributed by atoms with Gasteiger partial charge in [0.15, 0.2) is 5.78 Å². The second kappa shape index (κ2) is 9.41. The second-order valence-corrected chi connectivity index (χ2v) is 6.44. The number of rotatable bonds is 8. The molecule has 1 heterocycles. The maximum absolute atomic E-state index is 12.1. The molecule has 2 aromatic carbocycles. The Kier molecular flexibility index (Phi) is 6.46. The first-order valence-corrected chi connectivity index (χ1v) is 9.14. The fraction of sp³-hybridized carbons (Fsp3) is 0.182. The summed E-state index contributed by atoms with van der Waals surface area (Å²) in [5.74, 6) is 0.671. The van der Waals surface area contributed by atoms with Crippen LogP contribution in [0.2, 0.25) is 0 Å². The molecule has 2 N–H and O–H groups in total. The molecule has 6 heteroatoms. The quantitative estimate of drug-likeness (QED) is 0.566. The highest BCUT2D eigenvalue weighted by Gasteiger charge is 2.08. The maximum atomic E-state index is 12.1. The van der Waals surface area contributed by atoms with Gasteiger partial charge in [-0.05, 0) is 37.6 Å². The Hall–Kier alpha value is -3.54. The Morgan fingerprint density at radius 1 is 0.893 bits per heavy atom. The molecule has 0 radical (unpaired) electrons. The van der Waals surface area contributed by atoms with Crippen molar-refractivity contribution in [3.63, 3.8) is 0 Å². The Labute approximate surface area is 164 Å². The summed E-state index contributed by atoms with van der Waals surface area (Å²) < 4.78 is 0. The molecule has 28 heavy (non-hydrogen) atoms. The molecular formula is C22H22N4O2. The summed E-state index contributed by atoms with van der Waals surface area (Å²) in [6.07, 6.45) is 2.69. The lowest BCUT2D eigenvalue weighted by Crippen LogP contribution is -2.12. The molecule has 0 saturated carbocycles. The van der Waals surface area contributed by atoms with Crippen molar-refractivity contribution in [3.05, 3.63) is 78.2 Å². The third kappa shape index (κ3) is 5.74. The van der Waals surface area contributed by atoms with Crippen LogP contribution in [0.25, 0.3) is 0 Å². The number of benzene rings is 2. The van der Waals surface area contributed by atoms with Gasteiger partial charge < -0.3 is 10.6 Å². The van der Waals surface area contributed by atoms with Gasteiger partial charge in [-0.1, -0.05) is 30.3 Å². The minimum Gasteiger partial charge on any atom is -0.340 e. The third-order valence-electron chi connectivity index (χ3n) is 4.15. The van der Waals surface area contributed by atoms with Crippen molar-refractivity contribution < 1.29 is 9.59 Å². The van der Waals surface area contributed by atoms with E-state index in [0.29, 0.717) is 36.3 Å². The number of carbonyl (C=O) groups is 2. The molecule has 0 saturated heterocycles. The fourth-order valence-electron chi connectivity index (χ4n) is 2.71. The van der Waals surface area contributed by atoms with E-state index in [1.54, 1.807) is 12.1 Å². The van der Waals surface area contributed by atoms with Crippen molar-refractivity contribution in [2.45, 2.75) is 26.2 Å². The number of Topliss-reactive ketones (excluding diaryl/α,β-unsaturated/α-hetero) is 1. The van der Waals surface area contributed by atoms with Crippen LogP contribution in [0.4, 0.5) is 17.2 Å². The summed E-state index contributed by atoms with van der Waals surface area (Å²) in [5.41, 5.74) is 3.14. The van der Waals surface area contributed by atoms with Crippen LogP contribution in [-0.2, 0) is 4.79 Å². The minimum absolute atomic E-state index is 0.0591. The van der Waals surface area contributed by atoms with Gasteiger partial charge in [0.25, 0.3) is 0 Å². The van der Waals surface area contributed by atoms with E-state index in [9.17, 15) is 9.59 Å². The smallest absolute Gasteiger partial charge is 0.224 e. The second-order valence-electron chi connectivity index (χ2n) is 6.44. The van der Waals surface area contributed by atoms with Gasteiger partial charge in [-0.15, -0.1) is 0 Å². The highest BCUT2D eigenvalue weighted by Crippen LogP contribution is 2.18. The maximum Gasteiger partial charge on any atom is 0.224 e. The van der Waals surface area contributed by atoms with E-state index < -0.39 is 0 Å². The molecule has 0 atom stereocenters. The molecule has 0 spiro atoms. The molecule has 0 unspecified atom stereocenters. The highest BCUT2D eigenvalue weighted by molar-refractivity contribution is 5.96. The predicted molar refractivity (Wildman–Crippen MR) is 110 cm³/mol. The van der Waals surface area contributed by atoms with Gasteiger partial charge in [-0.2, -0.15) is 0 Å². The molecule has 0 aliphatic carbocycles. The topological polar surface area (TPSA) is 84.0 Å². The molecule has 6 nitrogen and oxygen atoms in total. The number of hydrogen-bond donors (Lipinski definition) is 2. The van der Waals surface area contributed by atoms with Crippen molar-refractivity contribution in [1.82, 2.24) is 9.97 Å². The summed E-state index contributed by atoms with van der Waals surface area (Å²) in [5, 5.41) is 6.04. The lowest BCUT2D eigenvalue weighted by molar-refractivity contribution is -0.116. The van der Waals surface area contributed by atoms with Gasteiger partial charge in [0.1, 0.15) is 12.1 Å². The van der Waals surface area contributed by atoms with Crippen LogP contribution < -0.4 is 10.6 Å². The number of aromatic nitrogens is 2. The molecule has 1 aromatic heterocycles. The zero-order valence-electron chi connectivity index (χ0n) is 15.7. The van der Waals surface area contributed by atoms with Crippen molar-refractivity contribution in [3.8, 4) is 0 Å². The molecule has 142 valence electrons. The van der Waals surface area contributed by atoms with Gasteiger partial charge in [0.2, 0.25) is 5.91 Å². The summed E-state index contributed by atoms with van der Waals surface area (Å²) in [4.78, 5) is 32.4. The van der Waals surface area contributed by atoms with E-state index in [1.165, 1.54) is 6.33 Å². The molecule has 0 aliphatic heterocycles. The first kappa shape index (κ1) is 19.2. The Balaban J connectivity index is 1.44. The van der Waals surface area contributed by atoms with Crippen LogP contribution in [0, 0.1) is 6.92 Å². The van der Waals surface area contributed by atoms with Crippen LogP contribution in [0.1, 0.15) is 35.3 Å². The van der Waals surface area contributed by atoms with E-state index in [4.69, 9.17) is 0 Å². The number of aryl methyl sites for hydroxylation is 1. The first-order valence-electron chi connectivity index (χ1n) is 9.14. The average Bonchev–Trinajstić information content (AvgIpc) is 2.70. The predicted octanol–water partition coefficient (Wildman–Crippen LogP) is 4.52. The lowest BCUT2D eigenvalue weighted by Gasteiger charge is -2.08. The van der Waals surface area contributed by atoms with Gasteiger partial charge in [-0.3, -0.25) is 9.59 Å². The number of hydrogen-bond acceptors (Lipinski definition) is 5. The largest absolute Gasteiger partial charge is 0.340 e. The minimum atomic E-state index is -0.104. The average molecular weight is 374 g/mol. The number of nitrogens with one attached hydrogen (secondary N) is 2. The van der Waals surface area contributed by atoms with E-state index in [2.05, 4.69) is 20.6 Å². The van der Waals surface area contributed by atoms with E-state index in [-0.39, 0.29) is 11.7 Å². The van der Waals surface area contributed by atoms with E-state index in [0.717, 1.165) is 11.4 Å². The Morgan fingerprint density at radius 3 is 2.32 bits per heavy atom. The summed E-state index contributed by atoms with van der Waals surface area (Å²) >= 11 is 0. The van der Waals surface area contributed by atoms with Crippen LogP contribution in [0.3, 0.4) is 0 Å². The van der Waals surface area contributed by atoms with Crippen molar-refractivity contribution >= 4 is 28.9 Å². The normalized spacial score (nSPS) is 10.3. The standard InChI is InChI=1S/C22H22N4O2/c1-16-14-21(24-15-23-16)25-18-10-12-19(13-11-18)26-22(28)9-5-8-20(27)17-6-3-2-4-7-17/h2-4,6-7,10-15H,5,8-9H2,1H3,(H,26,28)(H,23,24,25). The zero-order chi connectivity index (χ0) is 19.8. The molecular weight excluding hydrogens is 352 g/mol. The SMILES string of the molecule is Cc1cc(Nc2ccc(NC(=O)CCCC(=O)c3ccccc3)cc2)ncn1. The van der Waals surface area contributed by atoms with Gasteiger partial charge in [-0.25, -0.2) is 9.97 Å². The number of anilines is 3. The van der Waals surface area contributed by atoms with E-state index in [1.807, 2.05) is 55.5 Å². The zero-order valence-corrected chi connectivity index (χ0v) is 15.7. The van der Waals surface area contributed by atoms with E-state index >= 15 is 0 Å². The van der Waals surface area contributed by atoms with Gasteiger partial charge in [0.05, 0.1) is 0 Å². The fourth-order valence-corrected chi connectivity index (χ4v) is 2.71. The summed E-state index contributed by atoms with van der Waals surface area (Å²) in [6, 6.07) is 18.4. The summed E-state index contributed by atoms with van der Waals surface area (Å²) in [7, 11) is 0. The number of nitrogens with zero attached hydrogens (tertiary/aromatic N) is 2. The molecule has 0 fully saturated rings. The van der Waals surface area contributed by atoms with Crippen LogP contribution in [0.15, 0.2) is 67.0 Å². The summed E-state index contributed by atoms with van der Waals surface area (Å²) in [6.45, 7) is 1.90. The molecule has 0 aliphatic rings. The van der Waals surface area contributed by atoms with Crippen molar-refractivity contribution in [2.75, 3.05) is 10.6 Å². The Bertz CT molecular complexity index is 940. The van der Waals surface area contributed by atoms with Crippen molar-refractivity contribution in [2.24, 2.45) is 0 Å². The van der Waals surface area contributed by atoms with Crippen LogP contribution >= 0.6 is 0 Å². The van der Waals surface area contributed by atoms with Crippen molar-refractivity contribution in [1.29, 1.82) is 0 Å². The number of ketones is 1. The molecule has 3 aromatic rings. The monoisotopic (exact) mass is 374 g/mol. The van der Waals surface area contributed by atoms with Gasteiger partial charge in [0, 0.05) is 41.5 Å². The third-order valence-corrected chi connectivity index (χ3v) is 4.15.